The van der Waals surface area contributed by atoms with Crippen LogP contribution >= 0.6 is 11.8 Å². The van der Waals surface area contributed by atoms with Crippen LogP contribution in [0.1, 0.15) is 60.3 Å². The molecule has 7 aliphatic rings. The molecule has 314 valence electrons. The van der Waals surface area contributed by atoms with Gasteiger partial charge in [-0.15, -0.1) is 11.8 Å². The molecule has 0 aromatic carbocycles. The third-order valence-electron chi connectivity index (χ3n) is 12.2. The molecule has 0 aromatic heterocycles. The third kappa shape index (κ3) is 7.35. The smallest absolute Gasteiger partial charge is 0.321 e. The highest BCUT2D eigenvalue weighted by Gasteiger charge is 2.49. The van der Waals surface area contributed by atoms with Crippen molar-refractivity contribution in [2.45, 2.75) is 71.6 Å². The molecule has 0 aromatic rings. The Bertz CT molecular complexity index is 2400. The first-order valence-corrected chi connectivity index (χ1v) is 21.0. The number of amides is 3. The number of carbonyl (C=O) groups is 5. The number of esters is 1. The minimum atomic E-state index is -1.19. The molecular weight excluding hydrogens is 787 g/mol. The highest BCUT2D eigenvalue weighted by atomic mass is 32.2. The van der Waals surface area contributed by atoms with Crippen molar-refractivity contribution in [2.24, 2.45) is 38.5 Å². The lowest BCUT2D eigenvalue weighted by atomic mass is 9.84. The fourth-order valence-electron chi connectivity index (χ4n) is 8.76. The second-order valence-electron chi connectivity index (χ2n) is 15.6. The molecule has 1 unspecified atom stereocenters. The normalized spacial score (nSPS) is 25.1. The van der Waals surface area contributed by atoms with Crippen molar-refractivity contribution < 1.29 is 38.9 Å². The van der Waals surface area contributed by atoms with E-state index in [1.807, 2.05) is 45.9 Å². The molecule has 8 bridgehead atoms. The summed E-state index contributed by atoms with van der Waals surface area (Å²) in [5.74, 6) is -4.89. The maximum Gasteiger partial charge on any atom is 0.321 e. The number of nitrogens with zero attached hydrogens (tertiary/aromatic N) is 4. The van der Waals surface area contributed by atoms with E-state index < -0.39 is 41.0 Å². The van der Waals surface area contributed by atoms with Crippen molar-refractivity contribution in [1.82, 2.24) is 15.5 Å². The van der Waals surface area contributed by atoms with Crippen LogP contribution in [0, 0.1) is 17.8 Å². The van der Waals surface area contributed by atoms with E-state index in [9.17, 15) is 29.1 Å². The molecule has 6 heterocycles. The number of imide groups is 1. The minimum absolute atomic E-state index is 0.0155. The molecule has 6 aliphatic heterocycles. The van der Waals surface area contributed by atoms with E-state index in [0.29, 0.717) is 40.2 Å². The zero-order valence-corrected chi connectivity index (χ0v) is 35.3. The zero-order chi connectivity index (χ0) is 43.3. The number of carbonyl (C=O) groups excluding carboxylic acids is 4. The van der Waals surface area contributed by atoms with Gasteiger partial charge < -0.3 is 31.3 Å². The van der Waals surface area contributed by atoms with E-state index in [2.05, 4.69) is 24.1 Å². The summed E-state index contributed by atoms with van der Waals surface area (Å²) in [4.78, 5) is 80.0. The summed E-state index contributed by atoms with van der Waals surface area (Å²) in [6, 6.07) is -1.16. The predicted octanol–water partition coefficient (Wildman–Crippen LogP) is 4.41. The number of thioether (sulfide) groups is 1. The van der Waals surface area contributed by atoms with Gasteiger partial charge in [0.15, 0.2) is 0 Å². The lowest BCUT2D eigenvalue weighted by Gasteiger charge is -2.20. The summed E-state index contributed by atoms with van der Waals surface area (Å²) in [6.45, 7) is 14.1. The first-order chi connectivity index (χ1) is 28.6. The van der Waals surface area contributed by atoms with E-state index >= 15 is 0 Å². The molecule has 0 spiro atoms. The highest BCUT2D eigenvalue weighted by molar-refractivity contribution is 8.00. The number of nitrogens with two attached hydrogens (primary N) is 1. The molecule has 5 atom stereocenters. The van der Waals surface area contributed by atoms with Gasteiger partial charge in [-0.25, -0.2) is 15.0 Å². The summed E-state index contributed by atoms with van der Waals surface area (Å²) in [6.07, 6.45) is 8.72. The fraction of sp³-hybridized carbons (Fsp3) is 0.409. The molecule has 3 amide bonds. The Hall–Kier alpha value is -5.87. The number of carboxylic acids is 1. The van der Waals surface area contributed by atoms with E-state index in [1.54, 1.807) is 6.08 Å². The van der Waals surface area contributed by atoms with Gasteiger partial charge in [0.1, 0.15) is 17.7 Å². The lowest BCUT2D eigenvalue weighted by molar-refractivity contribution is -0.143. The number of aliphatic hydroxyl groups is 1. The summed E-state index contributed by atoms with van der Waals surface area (Å²) >= 11 is 1.03. The Balaban J connectivity index is 1.21. The summed E-state index contributed by atoms with van der Waals surface area (Å²) in [5.41, 5.74) is 16.6. The van der Waals surface area contributed by atoms with E-state index in [-0.39, 0.29) is 55.2 Å². The van der Waals surface area contributed by atoms with Crippen molar-refractivity contribution in [1.29, 1.82) is 0 Å². The van der Waals surface area contributed by atoms with Crippen LogP contribution < -0.4 is 16.4 Å². The number of ether oxygens (including phenoxy) is 1. The first kappa shape index (κ1) is 42.3. The monoisotopic (exact) mass is 835 g/mol. The van der Waals surface area contributed by atoms with Crippen molar-refractivity contribution in [3.05, 3.63) is 104 Å². The lowest BCUT2D eigenvalue weighted by Crippen LogP contribution is -2.39. The number of aliphatic carboxylic acids is 1. The SMILES string of the molecule is C=CC1=C(C)C2=NC1=CC1=NC(=CC3=C(C)C4=C(O)[C@H](C(=O)OC)C(=C5NC(=C2)[C@@H](C)[C@@H]5CCC(=O)NCCN2C(=O)CC(SC[C@H](N)C(=O)O)C2=O)C4=N3)C(CC)=C1C. The van der Waals surface area contributed by atoms with Crippen molar-refractivity contribution in [3.63, 3.8) is 0 Å². The van der Waals surface area contributed by atoms with Gasteiger partial charge in [0, 0.05) is 71.6 Å². The maximum absolute atomic E-state index is 13.6. The number of fused-ring (bicyclic) bond motifs is 5. The van der Waals surface area contributed by atoms with Crippen LogP contribution in [0.5, 0.6) is 0 Å². The molecule has 6 N–H and O–H groups in total. The van der Waals surface area contributed by atoms with Crippen molar-refractivity contribution >= 4 is 58.6 Å². The van der Waals surface area contributed by atoms with Crippen LogP contribution in [0.25, 0.3) is 0 Å². The molecule has 0 radical (unpaired) electrons. The standard InChI is InChI=1S/C44H49N7O8S/c1-8-23-19(3)27-14-29-21(5)25(10-11-34(52)46-12-13-51-35(53)17-33(42(51)55)60-18-26(45)43(56)57)39(49-29)37-38(44(58)59-7)41(54)36-22(6)30(50-40(36)37)16-32-24(9-2)20(4)28(48-32)15-31(23)47-27/h8,14-16,21,25-26,33,38,49,54H,1,9-13,17-18,45H2,2-7H3,(H,46,52)(H,56,57)/t21-,25-,26-,33?,38+/m0/s1. The van der Waals surface area contributed by atoms with Crippen LogP contribution in [0.3, 0.4) is 0 Å². The molecule has 7 rings (SSSR count). The first-order valence-electron chi connectivity index (χ1n) is 20.0. The summed E-state index contributed by atoms with van der Waals surface area (Å²) < 4.78 is 5.26. The number of rotatable bonds is 13. The summed E-state index contributed by atoms with van der Waals surface area (Å²) in [7, 11) is 1.27. The molecule has 2 fully saturated rings. The topological polar surface area (TPSA) is 225 Å². The van der Waals surface area contributed by atoms with Gasteiger partial charge in [-0.05, 0) is 74.1 Å². The Labute approximate surface area is 352 Å². The van der Waals surface area contributed by atoms with Crippen LogP contribution in [0.2, 0.25) is 0 Å². The third-order valence-corrected chi connectivity index (χ3v) is 13.5. The van der Waals surface area contributed by atoms with Gasteiger partial charge in [-0.2, -0.15) is 0 Å². The van der Waals surface area contributed by atoms with Crippen molar-refractivity contribution in [2.75, 3.05) is 26.0 Å². The predicted molar refractivity (Wildman–Crippen MR) is 229 cm³/mol. The molecular formula is C44H49N7O8S. The van der Waals surface area contributed by atoms with Gasteiger partial charge in [-0.3, -0.25) is 28.9 Å². The van der Waals surface area contributed by atoms with Crippen LogP contribution in [-0.4, -0.2) is 99.2 Å². The second kappa shape index (κ2) is 16.6. The van der Waals surface area contributed by atoms with Crippen LogP contribution in [0.4, 0.5) is 0 Å². The quantitative estimate of drug-likeness (QED) is 0.129. The Morgan fingerprint density at radius 2 is 1.82 bits per heavy atom. The number of carboxylic acid groups (broad SMARTS) is 1. The zero-order valence-electron chi connectivity index (χ0n) is 34.5. The number of allylic oxidation sites excluding steroid dienone is 11. The largest absolute Gasteiger partial charge is 0.510 e. The summed E-state index contributed by atoms with van der Waals surface area (Å²) in [5, 5.41) is 26.6. The maximum atomic E-state index is 13.6. The number of methoxy groups -OCH3 is 1. The minimum Gasteiger partial charge on any atom is -0.510 e. The molecule has 60 heavy (non-hydrogen) atoms. The Morgan fingerprint density at radius 1 is 1.10 bits per heavy atom. The van der Waals surface area contributed by atoms with Crippen molar-refractivity contribution in [3.8, 4) is 0 Å². The highest BCUT2D eigenvalue weighted by Crippen LogP contribution is 2.49. The molecule has 2 saturated heterocycles. The van der Waals surface area contributed by atoms with Gasteiger partial charge >= 0.3 is 11.9 Å². The van der Waals surface area contributed by atoms with E-state index in [0.717, 1.165) is 73.9 Å². The van der Waals surface area contributed by atoms with Gasteiger partial charge in [0.05, 0.1) is 46.6 Å². The van der Waals surface area contributed by atoms with Gasteiger partial charge in [-0.1, -0.05) is 26.5 Å². The molecule has 15 nitrogen and oxygen atoms in total. The second-order valence-corrected chi connectivity index (χ2v) is 16.9. The fourth-order valence-corrected chi connectivity index (χ4v) is 9.88. The molecule has 0 saturated carbocycles. The average molecular weight is 836 g/mol. The molecule has 16 heteroatoms. The number of hydrogen-bond donors (Lipinski definition) is 5. The Kier molecular flexibility index (Phi) is 11.7. The van der Waals surface area contributed by atoms with Crippen LogP contribution in [-0.2, 0) is 28.7 Å². The number of aliphatic imine (C=N–C) groups is 3. The average Bonchev–Trinajstić information content (AvgIpc) is 4.01. The van der Waals surface area contributed by atoms with Crippen LogP contribution in [0.15, 0.2) is 119 Å². The van der Waals surface area contributed by atoms with Gasteiger partial charge in [0.2, 0.25) is 17.7 Å². The number of aliphatic hydroxyl groups excluding tert-OH is 1. The Morgan fingerprint density at radius 3 is 2.50 bits per heavy atom. The number of nitrogens with one attached hydrogen (secondary N) is 2. The van der Waals surface area contributed by atoms with E-state index in [4.69, 9.17) is 30.6 Å². The molecule has 1 aliphatic carbocycles. The number of hydrogen-bond acceptors (Lipinski definition) is 13. The number of likely N-dealkylation sites (tertiary alicyclic amines) is 1. The van der Waals surface area contributed by atoms with E-state index in [1.165, 1.54) is 7.11 Å². The van der Waals surface area contributed by atoms with Gasteiger partial charge in [0.25, 0.3) is 0 Å².